The highest BCUT2D eigenvalue weighted by atomic mass is 16.5. The van der Waals surface area contributed by atoms with E-state index >= 15 is 0 Å². The lowest BCUT2D eigenvalue weighted by molar-refractivity contribution is -0.110. The van der Waals surface area contributed by atoms with Crippen LogP contribution in [0, 0.1) is 0 Å². The number of H-pyrrole nitrogens is 1. The number of hydrogen-bond acceptors (Lipinski definition) is 4. The van der Waals surface area contributed by atoms with Crippen molar-refractivity contribution in [3.8, 4) is 0 Å². The molecule has 136 valence electrons. The molecule has 0 atom stereocenters. The summed E-state index contributed by atoms with van der Waals surface area (Å²) in [6.07, 6.45) is 3.09. The van der Waals surface area contributed by atoms with Gasteiger partial charge in [0.25, 0.3) is 5.91 Å². The highest BCUT2D eigenvalue weighted by Crippen LogP contribution is 2.34. The second-order valence-electron chi connectivity index (χ2n) is 6.63. The molecule has 1 aromatic carbocycles. The zero-order valence-corrected chi connectivity index (χ0v) is 15.0. The Kier molecular flexibility index (Phi) is 4.46. The molecule has 1 aliphatic heterocycles. The Balaban J connectivity index is 1.87. The third kappa shape index (κ3) is 3.42. The van der Waals surface area contributed by atoms with Crippen LogP contribution in [0.25, 0.3) is 11.6 Å². The summed E-state index contributed by atoms with van der Waals surface area (Å²) in [7, 11) is 0. The summed E-state index contributed by atoms with van der Waals surface area (Å²) < 4.78 is 4.94. The van der Waals surface area contributed by atoms with Gasteiger partial charge in [0.2, 0.25) is 0 Å². The first kappa shape index (κ1) is 17.6. The molecule has 7 heteroatoms. The van der Waals surface area contributed by atoms with Gasteiger partial charge in [-0.1, -0.05) is 0 Å². The van der Waals surface area contributed by atoms with Gasteiger partial charge in [-0.25, -0.2) is 4.79 Å². The fraction of sp³-hybridized carbons (Fsp3) is 0.263. The maximum absolute atomic E-state index is 12.3. The van der Waals surface area contributed by atoms with Crippen molar-refractivity contribution in [2.45, 2.75) is 26.3 Å². The van der Waals surface area contributed by atoms with Crippen molar-refractivity contribution in [1.82, 2.24) is 10.3 Å². The molecule has 0 saturated carbocycles. The van der Waals surface area contributed by atoms with Crippen LogP contribution in [0.15, 0.2) is 30.5 Å². The number of ether oxygens (including phenoxy) is 1. The van der Waals surface area contributed by atoms with Crippen LogP contribution in [-0.2, 0) is 15.1 Å². The average Bonchev–Trinajstić information content (AvgIpc) is 3.14. The molecule has 1 aromatic heterocycles. The van der Waals surface area contributed by atoms with Gasteiger partial charge in [0.1, 0.15) is 0 Å². The number of anilines is 2. The first-order valence-corrected chi connectivity index (χ1v) is 8.37. The molecule has 2 aromatic rings. The third-order valence-corrected chi connectivity index (χ3v) is 4.24. The van der Waals surface area contributed by atoms with Crippen molar-refractivity contribution in [2.24, 2.45) is 0 Å². The molecular weight excluding hydrogens is 332 g/mol. The Hall–Kier alpha value is -3.22. The first-order chi connectivity index (χ1) is 12.3. The predicted molar refractivity (Wildman–Crippen MR) is 101 cm³/mol. The number of alkyl carbamates (subject to hydrolysis) is 1. The molecule has 0 bridgehead atoms. The molecule has 0 radical (unpaired) electrons. The van der Waals surface area contributed by atoms with Crippen LogP contribution >= 0.6 is 0 Å². The standard InChI is InChI=1S/C19H22N4O3/c1-4-26-18(25)23-19(2,3)11-7-13(21-10-11)9-15-14-8-12(20)5-6-16(14)22-17(15)24/h5-10,21H,4,20H2,1-3H3,(H,22,24)(H,23,25). The summed E-state index contributed by atoms with van der Waals surface area (Å²) >= 11 is 0. The molecule has 7 nitrogen and oxygen atoms in total. The van der Waals surface area contributed by atoms with Crippen LogP contribution in [0.1, 0.15) is 37.6 Å². The minimum atomic E-state index is -0.625. The van der Waals surface area contributed by atoms with Crippen molar-refractivity contribution in [3.63, 3.8) is 0 Å². The molecule has 0 fully saturated rings. The Labute approximate surface area is 151 Å². The highest BCUT2D eigenvalue weighted by Gasteiger charge is 2.26. The quantitative estimate of drug-likeness (QED) is 0.500. The average molecular weight is 354 g/mol. The molecule has 0 spiro atoms. The van der Waals surface area contributed by atoms with Crippen molar-refractivity contribution in [2.75, 3.05) is 17.7 Å². The van der Waals surface area contributed by atoms with E-state index in [1.54, 1.807) is 37.4 Å². The number of aromatic amines is 1. The van der Waals surface area contributed by atoms with Crippen molar-refractivity contribution >= 4 is 35.0 Å². The SMILES string of the molecule is CCOC(=O)NC(C)(C)c1c[nH]c(C=C2C(=O)Nc3ccc(N)cc32)c1. The fourth-order valence-corrected chi connectivity index (χ4v) is 2.86. The number of nitrogens with two attached hydrogens (primary N) is 1. The molecule has 2 amide bonds. The minimum Gasteiger partial charge on any atom is -0.450 e. The fourth-order valence-electron chi connectivity index (χ4n) is 2.86. The second kappa shape index (κ2) is 6.59. The first-order valence-electron chi connectivity index (χ1n) is 8.37. The summed E-state index contributed by atoms with van der Waals surface area (Å²) in [5.74, 6) is -0.175. The minimum absolute atomic E-state index is 0.175. The van der Waals surface area contributed by atoms with Gasteiger partial charge in [-0.2, -0.15) is 0 Å². The van der Waals surface area contributed by atoms with E-state index < -0.39 is 11.6 Å². The number of benzene rings is 1. The van der Waals surface area contributed by atoms with Crippen LogP contribution in [0.3, 0.4) is 0 Å². The lowest BCUT2D eigenvalue weighted by Gasteiger charge is -2.24. The molecule has 5 N–H and O–H groups in total. The number of nitrogen functional groups attached to an aromatic ring is 1. The summed E-state index contributed by atoms with van der Waals surface area (Å²) in [6.45, 7) is 5.82. The van der Waals surface area contributed by atoms with E-state index in [0.29, 0.717) is 17.9 Å². The van der Waals surface area contributed by atoms with Gasteiger partial charge in [-0.05, 0) is 56.7 Å². The second-order valence-corrected chi connectivity index (χ2v) is 6.63. The Morgan fingerprint density at radius 1 is 1.35 bits per heavy atom. The highest BCUT2D eigenvalue weighted by molar-refractivity contribution is 6.35. The maximum atomic E-state index is 12.3. The Morgan fingerprint density at radius 3 is 2.85 bits per heavy atom. The topological polar surface area (TPSA) is 109 Å². The number of rotatable bonds is 4. The van der Waals surface area contributed by atoms with Crippen molar-refractivity contribution in [1.29, 1.82) is 0 Å². The number of carbonyl (C=O) groups excluding carboxylic acids is 2. The number of fused-ring (bicyclic) bond motifs is 1. The third-order valence-electron chi connectivity index (χ3n) is 4.24. The van der Waals surface area contributed by atoms with E-state index in [4.69, 9.17) is 10.5 Å². The smallest absolute Gasteiger partial charge is 0.407 e. The summed E-state index contributed by atoms with van der Waals surface area (Å²) in [6, 6.07) is 7.19. The van der Waals surface area contributed by atoms with Crippen LogP contribution in [0.4, 0.5) is 16.2 Å². The van der Waals surface area contributed by atoms with E-state index in [1.165, 1.54) is 0 Å². The number of amides is 2. The molecular formula is C19H22N4O3. The zero-order valence-electron chi connectivity index (χ0n) is 15.0. The Bertz CT molecular complexity index is 896. The number of nitrogens with one attached hydrogen (secondary N) is 3. The molecule has 26 heavy (non-hydrogen) atoms. The van der Waals surface area contributed by atoms with Gasteiger partial charge in [0, 0.05) is 28.8 Å². The normalized spacial score (nSPS) is 14.9. The summed E-state index contributed by atoms with van der Waals surface area (Å²) in [5, 5.41) is 5.64. The predicted octanol–water partition coefficient (Wildman–Crippen LogP) is 3.07. The summed E-state index contributed by atoms with van der Waals surface area (Å²) in [4.78, 5) is 27.1. The van der Waals surface area contributed by atoms with Crippen molar-refractivity contribution in [3.05, 3.63) is 47.3 Å². The Morgan fingerprint density at radius 2 is 2.12 bits per heavy atom. The number of aromatic nitrogens is 1. The molecule has 0 aliphatic carbocycles. The largest absolute Gasteiger partial charge is 0.450 e. The van der Waals surface area contributed by atoms with Crippen LogP contribution in [-0.4, -0.2) is 23.6 Å². The lowest BCUT2D eigenvalue weighted by Crippen LogP contribution is -2.41. The van der Waals surface area contributed by atoms with E-state index in [0.717, 1.165) is 22.5 Å². The molecule has 1 aliphatic rings. The number of hydrogen-bond donors (Lipinski definition) is 4. The van der Waals surface area contributed by atoms with E-state index in [9.17, 15) is 9.59 Å². The molecule has 3 rings (SSSR count). The van der Waals surface area contributed by atoms with Crippen LogP contribution in [0.5, 0.6) is 0 Å². The van der Waals surface area contributed by atoms with Gasteiger partial charge >= 0.3 is 6.09 Å². The van der Waals surface area contributed by atoms with Gasteiger partial charge < -0.3 is 26.1 Å². The van der Waals surface area contributed by atoms with E-state index in [2.05, 4.69) is 15.6 Å². The van der Waals surface area contributed by atoms with E-state index in [1.807, 2.05) is 19.9 Å². The molecule has 0 saturated heterocycles. The van der Waals surface area contributed by atoms with E-state index in [-0.39, 0.29) is 5.91 Å². The van der Waals surface area contributed by atoms with Gasteiger partial charge in [-0.15, -0.1) is 0 Å². The van der Waals surface area contributed by atoms with Gasteiger partial charge in [0.15, 0.2) is 0 Å². The van der Waals surface area contributed by atoms with Crippen molar-refractivity contribution < 1.29 is 14.3 Å². The molecule has 2 heterocycles. The number of carbonyl (C=O) groups is 2. The van der Waals surface area contributed by atoms with Gasteiger partial charge in [0.05, 0.1) is 17.7 Å². The maximum Gasteiger partial charge on any atom is 0.407 e. The van der Waals surface area contributed by atoms with Crippen LogP contribution < -0.4 is 16.4 Å². The monoisotopic (exact) mass is 354 g/mol. The van der Waals surface area contributed by atoms with Crippen LogP contribution in [0.2, 0.25) is 0 Å². The van der Waals surface area contributed by atoms with Gasteiger partial charge in [-0.3, -0.25) is 4.79 Å². The lowest BCUT2D eigenvalue weighted by atomic mass is 9.97. The summed E-state index contributed by atoms with van der Waals surface area (Å²) in [5.41, 5.74) is 9.48. The zero-order chi connectivity index (χ0) is 18.9. The molecule has 0 unspecified atom stereocenters.